The van der Waals surface area contributed by atoms with E-state index in [0.29, 0.717) is 11.3 Å². The lowest BCUT2D eigenvalue weighted by Gasteiger charge is -2.19. The van der Waals surface area contributed by atoms with Gasteiger partial charge in [0, 0.05) is 12.7 Å². The molecule has 2 aromatic rings. The monoisotopic (exact) mass is 284 g/mol. The SMILES string of the molecule is CN(C(=O)c1cccc(F)c1NN)c1cccc(C#N)c1. The van der Waals surface area contributed by atoms with Gasteiger partial charge in [-0.2, -0.15) is 5.26 Å². The van der Waals surface area contributed by atoms with Crippen LogP contribution in [-0.2, 0) is 0 Å². The van der Waals surface area contributed by atoms with E-state index in [1.807, 2.05) is 6.07 Å². The summed E-state index contributed by atoms with van der Waals surface area (Å²) < 4.78 is 13.6. The van der Waals surface area contributed by atoms with E-state index in [2.05, 4.69) is 5.43 Å². The van der Waals surface area contributed by atoms with E-state index >= 15 is 0 Å². The van der Waals surface area contributed by atoms with Crippen molar-refractivity contribution in [2.45, 2.75) is 0 Å². The number of carbonyl (C=O) groups is 1. The molecule has 0 fully saturated rings. The number of amides is 1. The summed E-state index contributed by atoms with van der Waals surface area (Å²) >= 11 is 0. The number of nitrogen functional groups attached to an aromatic ring is 1. The molecular formula is C15H13FN4O. The number of para-hydroxylation sites is 1. The van der Waals surface area contributed by atoms with Crippen LogP contribution in [0.15, 0.2) is 42.5 Å². The first-order valence-corrected chi connectivity index (χ1v) is 6.12. The van der Waals surface area contributed by atoms with E-state index in [-0.39, 0.29) is 11.3 Å². The Balaban J connectivity index is 2.40. The zero-order chi connectivity index (χ0) is 15.4. The molecular weight excluding hydrogens is 271 g/mol. The fourth-order valence-corrected chi connectivity index (χ4v) is 1.93. The molecule has 0 bridgehead atoms. The van der Waals surface area contributed by atoms with Crippen LogP contribution in [0.1, 0.15) is 15.9 Å². The Bertz CT molecular complexity index is 724. The number of benzene rings is 2. The molecule has 2 rings (SSSR count). The molecule has 0 aliphatic carbocycles. The number of nitrogens with two attached hydrogens (primary N) is 1. The van der Waals surface area contributed by atoms with Gasteiger partial charge in [-0.15, -0.1) is 0 Å². The summed E-state index contributed by atoms with van der Waals surface area (Å²) in [5, 5.41) is 8.89. The summed E-state index contributed by atoms with van der Waals surface area (Å²) in [6, 6.07) is 12.7. The van der Waals surface area contributed by atoms with Crippen molar-refractivity contribution in [1.82, 2.24) is 0 Å². The van der Waals surface area contributed by atoms with Crippen LogP contribution in [0.4, 0.5) is 15.8 Å². The molecule has 0 saturated heterocycles. The van der Waals surface area contributed by atoms with Crippen LogP contribution in [0, 0.1) is 17.1 Å². The number of hydrogen-bond donors (Lipinski definition) is 2. The van der Waals surface area contributed by atoms with E-state index < -0.39 is 11.7 Å². The summed E-state index contributed by atoms with van der Waals surface area (Å²) in [7, 11) is 1.55. The number of nitriles is 1. The van der Waals surface area contributed by atoms with Crippen LogP contribution in [0.3, 0.4) is 0 Å². The number of nitrogens with one attached hydrogen (secondary N) is 1. The molecule has 1 amide bonds. The third kappa shape index (κ3) is 2.83. The fourth-order valence-electron chi connectivity index (χ4n) is 1.93. The first-order valence-electron chi connectivity index (χ1n) is 6.12. The van der Waals surface area contributed by atoms with Crippen molar-refractivity contribution in [2.75, 3.05) is 17.4 Å². The van der Waals surface area contributed by atoms with Crippen molar-refractivity contribution in [3.05, 3.63) is 59.4 Å². The molecule has 0 aliphatic heterocycles. The molecule has 21 heavy (non-hydrogen) atoms. The number of rotatable bonds is 3. The maximum atomic E-state index is 13.6. The predicted octanol–water partition coefficient (Wildman–Crippen LogP) is 2.26. The van der Waals surface area contributed by atoms with Crippen LogP contribution >= 0.6 is 0 Å². The quantitative estimate of drug-likeness (QED) is 0.669. The minimum atomic E-state index is -0.609. The highest BCUT2D eigenvalue weighted by Crippen LogP contribution is 2.23. The highest BCUT2D eigenvalue weighted by molar-refractivity contribution is 6.09. The van der Waals surface area contributed by atoms with Crippen molar-refractivity contribution in [3.63, 3.8) is 0 Å². The predicted molar refractivity (Wildman–Crippen MR) is 78.1 cm³/mol. The lowest BCUT2D eigenvalue weighted by molar-refractivity contribution is 0.0993. The largest absolute Gasteiger partial charge is 0.321 e. The van der Waals surface area contributed by atoms with Crippen molar-refractivity contribution in [3.8, 4) is 6.07 Å². The van der Waals surface area contributed by atoms with Crippen molar-refractivity contribution >= 4 is 17.3 Å². The summed E-state index contributed by atoms with van der Waals surface area (Å²) in [5.74, 6) is 4.23. The standard InChI is InChI=1S/C15H13FN4O/c1-20(11-5-2-4-10(8-11)9-17)15(21)12-6-3-7-13(16)14(12)19-18/h2-8,19H,18H2,1H3. The Hall–Kier alpha value is -2.91. The zero-order valence-corrected chi connectivity index (χ0v) is 11.3. The topological polar surface area (TPSA) is 82.2 Å². The maximum absolute atomic E-state index is 13.6. The molecule has 0 atom stereocenters. The van der Waals surface area contributed by atoms with Gasteiger partial charge in [-0.1, -0.05) is 12.1 Å². The van der Waals surface area contributed by atoms with E-state index in [1.54, 1.807) is 31.3 Å². The molecule has 2 aromatic carbocycles. The van der Waals surface area contributed by atoms with Gasteiger partial charge >= 0.3 is 0 Å². The first-order chi connectivity index (χ1) is 10.1. The van der Waals surface area contributed by atoms with Gasteiger partial charge in [0.05, 0.1) is 22.9 Å². The van der Waals surface area contributed by atoms with E-state index in [9.17, 15) is 9.18 Å². The number of nitrogens with zero attached hydrogens (tertiary/aromatic N) is 2. The average molecular weight is 284 g/mol. The van der Waals surface area contributed by atoms with Gasteiger partial charge in [0.2, 0.25) is 0 Å². The van der Waals surface area contributed by atoms with Crippen LogP contribution in [-0.4, -0.2) is 13.0 Å². The highest BCUT2D eigenvalue weighted by Gasteiger charge is 2.19. The lowest BCUT2D eigenvalue weighted by Crippen LogP contribution is -2.28. The lowest BCUT2D eigenvalue weighted by atomic mass is 10.1. The maximum Gasteiger partial charge on any atom is 0.260 e. The Kier molecular flexibility index (Phi) is 4.16. The van der Waals surface area contributed by atoms with Gasteiger partial charge < -0.3 is 10.3 Å². The number of carbonyl (C=O) groups excluding carboxylic acids is 1. The Morgan fingerprint density at radius 3 is 2.71 bits per heavy atom. The molecule has 3 N–H and O–H groups in total. The van der Waals surface area contributed by atoms with Gasteiger partial charge in [-0.25, -0.2) is 4.39 Å². The third-order valence-electron chi connectivity index (χ3n) is 3.06. The minimum absolute atomic E-state index is 0.0641. The molecule has 0 heterocycles. The summed E-state index contributed by atoms with van der Waals surface area (Å²) in [6.45, 7) is 0. The normalized spacial score (nSPS) is 9.81. The van der Waals surface area contributed by atoms with E-state index in [4.69, 9.17) is 11.1 Å². The third-order valence-corrected chi connectivity index (χ3v) is 3.06. The van der Waals surface area contributed by atoms with Gasteiger partial charge in [-0.3, -0.25) is 10.6 Å². The number of hydrazine groups is 1. The van der Waals surface area contributed by atoms with Crippen LogP contribution in [0.2, 0.25) is 0 Å². The average Bonchev–Trinajstić information content (AvgIpc) is 2.53. The van der Waals surface area contributed by atoms with Crippen LogP contribution < -0.4 is 16.2 Å². The molecule has 5 nitrogen and oxygen atoms in total. The molecule has 0 aromatic heterocycles. The second kappa shape index (κ2) is 6.03. The summed E-state index contributed by atoms with van der Waals surface area (Å²) in [4.78, 5) is 13.8. The second-order valence-corrected chi connectivity index (χ2v) is 4.33. The van der Waals surface area contributed by atoms with Gasteiger partial charge in [0.1, 0.15) is 5.82 Å². The molecule has 0 spiro atoms. The highest BCUT2D eigenvalue weighted by atomic mass is 19.1. The molecule has 0 aliphatic rings. The summed E-state index contributed by atoms with van der Waals surface area (Å²) in [5.41, 5.74) is 3.22. The fraction of sp³-hybridized carbons (Fsp3) is 0.0667. The molecule has 6 heteroatoms. The zero-order valence-electron chi connectivity index (χ0n) is 11.3. The molecule has 106 valence electrons. The van der Waals surface area contributed by atoms with Crippen molar-refractivity contribution in [1.29, 1.82) is 5.26 Å². The van der Waals surface area contributed by atoms with Crippen molar-refractivity contribution in [2.24, 2.45) is 5.84 Å². The molecule has 0 unspecified atom stereocenters. The Morgan fingerprint density at radius 2 is 2.05 bits per heavy atom. The molecule has 0 radical (unpaired) electrons. The summed E-state index contributed by atoms with van der Waals surface area (Å²) in [6.07, 6.45) is 0. The molecule has 0 saturated carbocycles. The van der Waals surface area contributed by atoms with Gasteiger partial charge in [0.15, 0.2) is 0 Å². The van der Waals surface area contributed by atoms with Crippen LogP contribution in [0.5, 0.6) is 0 Å². The Labute approximate surface area is 121 Å². The second-order valence-electron chi connectivity index (χ2n) is 4.33. The number of hydrogen-bond acceptors (Lipinski definition) is 4. The Morgan fingerprint density at radius 1 is 1.33 bits per heavy atom. The smallest absolute Gasteiger partial charge is 0.260 e. The number of halogens is 1. The first kappa shape index (κ1) is 14.5. The van der Waals surface area contributed by atoms with Gasteiger partial charge in [-0.05, 0) is 30.3 Å². The van der Waals surface area contributed by atoms with Gasteiger partial charge in [0.25, 0.3) is 5.91 Å². The van der Waals surface area contributed by atoms with E-state index in [1.165, 1.54) is 23.1 Å². The number of anilines is 2. The minimum Gasteiger partial charge on any atom is -0.321 e. The van der Waals surface area contributed by atoms with Crippen LogP contribution in [0.25, 0.3) is 0 Å². The van der Waals surface area contributed by atoms with E-state index in [0.717, 1.165) is 0 Å². The van der Waals surface area contributed by atoms with Crippen molar-refractivity contribution < 1.29 is 9.18 Å².